The van der Waals surface area contributed by atoms with Crippen molar-refractivity contribution in [3.05, 3.63) is 0 Å². The third-order valence-electron chi connectivity index (χ3n) is 3.41. The van der Waals surface area contributed by atoms with Crippen LogP contribution in [0.4, 0.5) is 0 Å². The molecule has 96 valence electrons. The standard InChI is InChI=1S/C12H20O4.2Li.2H/c1-7(2)6-8-4-3-5-9(11(13)14)10(8)12(15)16;;;;/h7-10H,3-6H2,1-2H3,(H,13,14)(H,15,16);;;;/q;2*+1;2*-1. The van der Waals surface area contributed by atoms with Gasteiger partial charge in [-0.3, -0.25) is 9.59 Å². The molecule has 1 aliphatic carbocycles. The van der Waals surface area contributed by atoms with E-state index in [9.17, 15) is 14.7 Å². The fourth-order valence-electron chi connectivity index (χ4n) is 2.81. The van der Waals surface area contributed by atoms with Crippen molar-refractivity contribution < 1.29 is 60.4 Å². The molecule has 0 spiro atoms. The fraction of sp³-hybridized carbons (Fsp3) is 0.833. The van der Waals surface area contributed by atoms with Gasteiger partial charge >= 0.3 is 49.7 Å². The van der Waals surface area contributed by atoms with Crippen molar-refractivity contribution in [3.8, 4) is 0 Å². The molecule has 0 amide bonds. The van der Waals surface area contributed by atoms with Gasteiger partial charge in [0.1, 0.15) is 0 Å². The Morgan fingerprint density at radius 1 is 1.17 bits per heavy atom. The maximum atomic E-state index is 11.2. The largest absolute Gasteiger partial charge is 1.00 e. The topological polar surface area (TPSA) is 74.6 Å². The average molecular weight is 244 g/mol. The van der Waals surface area contributed by atoms with E-state index in [1.54, 1.807) is 0 Å². The van der Waals surface area contributed by atoms with E-state index in [0.717, 1.165) is 19.3 Å². The van der Waals surface area contributed by atoms with E-state index < -0.39 is 23.8 Å². The fourth-order valence-corrected chi connectivity index (χ4v) is 2.81. The van der Waals surface area contributed by atoms with Gasteiger partial charge in [0, 0.05) is 0 Å². The van der Waals surface area contributed by atoms with Crippen LogP contribution < -0.4 is 37.7 Å². The SMILES string of the molecule is CC(C)CC1CCCC(C(=O)O)C1C(=O)O.[H-].[H-].[Li+].[Li+]. The predicted molar refractivity (Wildman–Crippen MR) is 61.3 cm³/mol. The second kappa shape index (κ2) is 9.10. The molecule has 0 aromatic rings. The average Bonchev–Trinajstić information content (AvgIpc) is 2.15. The summed E-state index contributed by atoms with van der Waals surface area (Å²) < 4.78 is 0. The Bertz CT molecular complexity index is 291. The van der Waals surface area contributed by atoms with E-state index >= 15 is 0 Å². The van der Waals surface area contributed by atoms with Crippen LogP contribution >= 0.6 is 0 Å². The Labute approximate surface area is 135 Å². The maximum Gasteiger partial charge on any atom is 1.00 e. The molecule has 0 saturated heterocycles. The number of carboxylic acid groups (broad SMARTS) is 2. The predicted octanol–water partition coefficient (Wildman–Crippen LogP) is -3.53. The summed E-state index contributed by atoms with van der Waals surface area (Å²) in [6, 6.07) is 0. The molecule has 1 saturated carbocycles. The summed E-state index contributed by atoms with van der Waals surface area (Å²) in [6.07, 6.45) is 2.98. The van der Waals surface area contributed by atoms with Crippen LogP contribution in [-0.4, -0.2) is 22.2 Å². The van der Waals surface area contributed by atoms with Crippen LogP contribution in [0.1, 0.15) is 42.4 Å². The number of hydrogen-bond donors (Lipinski definition) is 2. The van der Waals surface area contributed by atoms with E-state index in [1.165, 1.54) is 0 Å². The van der Waals surface area contributed by atoms with Crippen molar-refractivity contribution in [2.45, 2.75) is 39.5 Å². The van der Waals surface area contributed by atoms with E-state index in [-0.39, 0.29) is 46.5 Å². The molecule has 3 unspecified atom stereocenters. The Morgan fingerprint density at radius 2 is 1.72 bits per heavy atom. The smallest absolute Gasteiger partial charge is 1.00 e. The van der Waals surface area contributed by atoms with Crippen LogP contribution in [-0.2, 0) is 9.59 Å². The first kappa shape index (κ1) is 20.5. The maximum absolute atomic E-state index is 11.2. The van der Waals surface area contributed by atoms with Crippen LogP contribution in [0.25, 0.3) is 0 Å². The summed E-state index contributed by atoms with van der Waals surface area (Å²) in [4.78, 5) is 22.2. The van der Waals surface area contributed by atoms with Crippen LogP contribution in [0.15, 0.2) is 0 Å². The number of rotatable bonds is 4. The Morgan fingerprint density at radius 3 is 2.11 bits per heavy atom. The zero-order chi connectivity index (χ0) is 12.3. The number of aliphatic carboxylic acids is 2. The normalized spacial score (nSPS) is 26.9. The monoisotopic (exact) mass is 244 g/mol. The van der Waals surface area contributed by atoms with Crippen molar-refractivity contribution in [1.82, 2.24) is 0 Å². The van der Waals surface area contributed by atoms with Crippen LogP contribution in [0.3, 0.4) is 0 Å². The van der Waals surface area contributed by atoms with Gasteiger partial charge < -0.3 is 13.1 Å². The minimum absolute atomic E-state index is 0. The summed E-state index contributed by atoms with van der Waals surface area (Å²) in [6.45, 7) is 4.09. The van der Waals surface area contributed by atoms with Gasteiger partial charge in [0.15, 0.2) is 0 Å². The van der Waals surface area contributed by atoms with Gasteiger partial charge in [0.05, 0.1) is 11.8 Å². The van der Waals surface area contributed by atoms with Gasteiger partial charge in [-0.05, 0) is 31.1 Å². The van der Waals surface area contributed by atoms with Crippen molar-refractivity contribution >= 4 is 11.9 Å². The van der Waals surface area contributed by atoms with Gasteiger partial charge in [-0.1, -0.05) is 20.3 Å². The first-order valence-electron chi connectivity index (χ1n) is 5.89. The molecular formula is C12H22Li2O4. The number of carbonyl (C=O) groups is 2. The molecule has 1 fully saturated rings. The Hall–Kier alpha value is 0.135. The van der Waals surface area contributed by atoms with Gasteiger partial charge in [-0.2, -0.15) is 0 Å². The Balaban J connectivity index is -0.000000320. The quantitative estimate of drug-likeness (QED) is 0.502. The van der Waals surface area contributed by atoms with Crippen LogP contribution in [0, 0.1) is 23.7 Å². The first-order chi connectivity index (χ1) is 7.43. The van der Waals surface area contributed by atoms with Crippen molar-refractivity contribution in [1.29, 1.82) is 0 Å². The van der Waals surface area contributed by atoms with E-state index in [1.807, 2.05) is 13.8 Å². The number of hydrogen-bond acceptors (Lipinski definition) is 2. The van der Waals surface area contributed by atoms with Crippen LogP contribution in [0.5, 0.6) is 0 Å². The minimum atomic E-state index is -0.958. The van der Waals surface area contributed by atoms with E-state index in [4.69, 9.17) is 5.11 Å². The molecule has 0 heterocycles. The zero-order valence-electron chi connectivity index (χ0n) is 13.8. The molecule has 1 rings (SSSR count). The Kier molecular flexibility index (Phi) is 10.3. The molecular weight excluding hydrogens is 222 g/mol. The molecule has 2 N–H and O–H groups in total. The molecule has 3 atom stereocenters. The van der Waals surface area contributed by atoms with Crippen LogP contribution in [0.2, 0.25) is 0 Å². The molecule has 4 nitrogen and oxygen atoms in total. The third kappa shape index (κ3) is 5.41. The van der Waals surface area contributed by atoms with E-state index in [0.29, 0.717) is 12.3 Å². The molecule has 18 heavy (non-hydrogen) atoms. The molecule has 0 aromatic heterocycles. The molecule has 0 aliphatic heterocycles. The zero-order valence-corrected chi connectivity index (χ0v) is 11.8. The van der Waals surface area contributed by atoms with Crippen molar-refractivity contribution in [3.63, 3.8) is 0 Å². The summed E-state index contributed by atoms with van der Waals surface area (Å²) in [5.74, 6) is -2.87. The molecule has 0 radical (unpaired) electrons. The van der Waals surface area contributed by atoms with E-state index in [2.05, 4.69) is 0 Å². The van der Waals surface area contributed by atoms with Gasteiger partial charge in [-0.25, -0.2) is 0 Å². The first-order valence-corrected chi connectivity index (χ1v) is 5.89. The molecule has 6 heteroatoms. The van der Waals surface area contributed by atoms with Gasteiger partial charge in [0.2, 0.25) is 0 Å². The third-order valence-corrected chi connectivity index (χ3v) is 3.41. The minimum Gasteiger partial charge on any atom is -1.00 e. The molecule has 0 bridgehead atoms. The summed E-state index contributed by atoms with van der Waals surface area (Å²) in [7, 11) is 0. The second-order valence-electron chi connectivity index (χ2n) is 5.13. The summed E-state index contributed by atoms with van der Waals surface area (Å²) in [5, 5.41) is 18.2. The summed E-state index contributed by atoms with van der Waals surface area (Å²) >= 11 is 0. The van der Waals surface area contributed by atoms with Gasteiger partial charge in [-0.15, -0.1) is 0 Å². The molecule has 0 aromatic carbocycles. The second-order valence-corrected chi connectivity index (χ2v) is 5.13. The van der Waals surface area contributed by atoms with Crippen molar-refractivity contribution in [2.75, 3.05) is 0 Å². The summed E-state index contributed by atoms with van der Waals surface area (Å²) in [5.41, 5.74) is 0. The van der Waals surface area contributed by atoms with Gasteiger partial charge in [0.25, 0.3) is 0 Å². The van der Waals surface area contributed by atoms with Crippen molar-refractivity contribution in [2.24, 2.45) is 23.7 Å². The number of carboxylic acids is 2. The molecule has 1 aliphatic rings.